The van der Waals surface area contributed by atoms with E-state index < -0.39 is 0 Å². The summed E-state index contributed by atoms with van der Waals surface area (Å²) in [6.07, 6.45) is 0. The molecule has 0 radical (unpaired) electrons. The Bertz CT molecular complexity index is 639. The first-order valence-electron chi connectivity index (χ1n) is 6.55. The number of benzene rings is 2. The van der Waals surface area contributed by atoms with Gasteiger partial charge in [-0.1, -0.05) is 28.1 Å². The van der Waals surface area contributed by atoms with Crippen LogP contribution in [0.4, 0.5) is 0 Å². The number of rotatable bonds is 2. The molecule has 1 amide bonds. The molecule has 1 saturated heterocycles. The predicted molar refractivity (Wildman–Crippen MR) is 81.5 cm³/mol. The number of nitrogens with zero attached hydrogens (tertiary/aromatic N) is 1. The van der Waals surface area contributed by atoms with Gasteiger partial charge in [0.05, 0.1) is 13.2 Å². The van der Waals surface area contributed by atoms with E-state index in [4.69, 9.17) is 4.74 Å². The zero-order chi connectivity index (χ0) is 13.9. The second-order valence-electron chi connectivity index (χ2n) is 4.75. The van der Waals surface area contributed by atoms with Crippen molar-refractivity contribution in [3.8, 4) is 0 Å². The number of hydrazine groups is 1. The molecule has 1 fully saturated rings. The first kappa shape index (κ1) is 13.5. The van der Waals surface area contributed by atoms with E-state index in [9.17, 15) is 4.79 Å². The van der Waals surface area contributed by atoms with Gasteiger partial charge in [-0.25, -0.2) is 5.01 Å². The highest BCUT2D eigenvalue weighted by atomic mass is 79.9. The molecule has 0 bridgehead atoms. The van der Waals surface area contributed by atoms with Gasteiger partial charge in [-0.2, -0.15) is 0 Å². The lowest BCUT2D eigenvalue weighted by atomic mass is 10.1. The molecule has 0 atom stereocenters. The van der Waals surface area contributed by atoms with Crippen LogP contribution in [0.2, 0.25) is 0 Å². The average Bonchev–Trinajstić information content (AvgIpc) is 2.47. The summed E-state index contributed by atoms with van der Waals surface area (Å²) < 4.78 is 6.30. The molecular weight excluding hydrogens is 320 g/mol. The molecule has 104 valence electrons. The number of hydrogen-bond acceptors (Lipinski definition) is 3. The Kier molecular flexibility index (Phi) is 4.00. The van der Waals surface area contributed by atoms with Crippen molar-refractivity contribution in [1.82, 2.24) is 10.4 Å². The third kappa shape index (κ3) is 3.00. The van der Waals surface area contributed by atoms with Gasteiger partial charge in [0.15, 0.2) is 0 Å². The van der Waals surface area contributed by atoms with Crippen LogP contribution >= 0.6 is 15.9 Å². The van der Waals surface area contributed by atoms with Gasteiger partial charge < -0.3 is 4.74 Å². The van der Waals surface area contributed by atoms with E-state index >= 15 is 0 Å². The van der Waals surface area contributed by atoms with Gasteiger partial charge in [0.1, 0.15) is 0 Å². The third-order valence-corrected chi connectivity index (χ3v) is 3.83. The Labute approximate surface area is 125 Å². The minimum atomic E-state index is -0.0725. The maximum absolute atomic E-state index is 12.2. The molecule has 20 heavy (non-hydrogen) atoms. The number of carbonyl (C=O) groups excluding carboxylic acids is 1. The second-order valence-corrected chi connectivity index (χ2v) is 5.66. The normalized spacial score (nSPS) is 16.2. The Hall–Kier alpha value is -1.43. The van der Waals surface area contributed by atoms with Gasteiger partial charge >= 0.3 is 0 Å². The van der Waals surface area contributed by atoms with E-state index in [0.717, 1.165) is 28.3 Å². The number of fused-ring (bicyclic) bond motifs is 1. The molecule has 0 saturated carbocycles. The van der Waals surface area contributed by atoms with Gasteiger partial charge in [-0.05, 0) is 35.0 Å². The van der Waals surface area contributed by atoms with E-state index in [1.807, 2.05) is 41.4 Å². The lowest BCUT2D eigenvalue weighted by molar-refractivity contribution is 0.0126. The molecule has 0 aliphatic carbocycles. The number of amides is 1. The third-order valence-electron chi connectivity index (χ3n) is 3.34. The standard InChI is InChI=1S/C15H15BrN2O2/c16-14-4-3-11-9-13(2-1-12(11)10-14)15(19)17-18-5-7-20-8-6-18/h1-4,9-10H,5-8H2,(H,17,19). The van der Waals surface area contributed by atoms with Crippen LogP contribution < -0.4 is 5.43 Å². The van der Waals surface area contributed by atoms with Gasteiger partial charge in [0.25, 0.3) is 5.91 Å². The molecule has 2 aromatic carbocycles. The van der Waals surface area contributed by atoms with Crippen LogP contribution in [0.25, 0.3) is 10.8 Å². The maximum atomic E-state index is 12.2. The molecular formula is C15H15BrN2O2. The summed E-state index contributed by atoms with van der Waals surface area (Å²) in [7, 11) is 0. The highest BCUT2D eigenvalue weighted by molar-refractivity contribution is 9.10. The molecule has 5 heteroatoms. The monoisotopic (exact) mass is 334 g/mol. The van der Waals surface area contributed by atoms with Gasteiger partial charge in [0, 0.05) is 23.1 Å². The molecule has 1 aliphatic heterocycles. The van der Waals surface area contributed by atoms with Crippen molar-refractivity contribution in [1.29, 1.82) is 0 Å². The number of morpholine rings is 1. The maximum Gasteiger partial charge on any atom is 0.265 e. The molecule has 0 unspecified atom stereocenters. The number of carbonyl (C=O) groups is 1. The van der Waals surface area contributed by atoms with Gasteiger partial charge in [-0.15, -0.1) is 0 Å². The van der Waals surface area contributed by atoms with Crippen LogP contribution in [0.1, 0.15) is 10.4 Å². The lowest BCUT2D eigenvalue weighted by Crippen LogP contribution is -2.48. The number of ether oxygens (including phenoxy) is 1. The number of hydrogen-bond donors (Lipinski definition) is 1. The van der Waals surface area contributed by atoms with Crippen LogP contribution in [0.15, 0.2) is 40.9 Å². The largest absolute Gasteiger partial charge is 0.379 e. The first-order valence-corrected chi connectivity index (χ1v) is 7.35. The predicted octanol–water partition coefficient (Wildman–Crippen LogP) is 2.58. The molecule has 4 nitrogen and oxygen atoms in total. The second kappa shape index (κ2) is 5.91. The SMILES string of the molecule is O=C(NN1CCOCC1)c1ccc2cc(Br)ccc2c1. The van der Waals surface area contributed by atoms with Crippen LogP contribution in [0, 0.1) is 0 Å². The van der Waals surface area contributed by atoms with Crippen molar-refractivity contribution in [2.75, 3.05) is 26.3 Å². The molecule has 1 heterocycles. The number of nitrogens with one attached hydrogen (secondary N) is 1. The molecule has 1 aliphatic rings. The summed E-state index contributed by atoms with van der Waals surface area (Å²) in [5, 5.41) is 4.07. The summed E-state index contributed by atoms with van der Waals surface area (Å²) in [5.74, 6) is -0.0725. The molecule has 0 spiro atoms. The van der Waals surface area contributed by atoms with E-state index in [0.29, 0.717) is 18.8 Å². The summed E-state index contributed by atoms with van der Waals surface area (Å²) in [6.45, 7) is 2.77. The van der Waals surface area contributed by atoms with Crippen molar-refractivity contribution in [2.24, 2.45) is 0 Å². The average molecular weight is 335 g/mol. The van der Waals surface area contributed by atoms with E-state index in [1.54, 1.807) is 0 Å². The zero-order valence-electron chi connectivity index (χ0n) is 10.9. The van der Waals surface area contributed by atoms with Crippen molar-refractivity contribution < 1.29 is 9.53 Å². The first-order chi connectivity index (χ1) is 9.72. The fourth-order valence-electron chi connectivity index (χ4n) is 2.24. The smallest absolute Gasteiger partial charge is 0.265 e. The Morgan fingerprint density at radius 2 is 1.80 bits per heavy atom. The highest BCUT2D eigenvalue weighted by Crippen LogP contribution is 2.21. The Balaban J connectivity index is 1.78. The molecule has 3 rings (SSSR count). The van der Waals surface area contributed by atoms with E-state index in [-0.39, 0.29) is 5.91 Å². The van der Waals surface area contributed by atoms with Crippen molar-refractivity contribution in [2.45, 2.75) is 0 Å². The van der Waals surface area contributed by atoms with Crippen LogP contribution in [-0.4, -0.2) is 37.2 Å². The minimum Gasteiger partial charge on any atom is -0.379 e. The molecule has 0 aromatic heterocycles. The summed E-state index contributed by atoms with van der Waals surface area (Å²) in [4.78, 5) is 12.2. The van der Waals surface area contributed by atoms with Crippen molar-refractivity contribution in [3.05, 3.63) is 46.4 Å². The lowest BCUT2D eigenvalue weighted by Gasteiger charge is -2.26. The molecule has 2 aromatic rings. The van der Waals surface area contributed by atoms with Crippen molar-refractivity contribution >= 4 is 32.6 Å². The zero-order valence-corrected chi connectivity index (χ0v) is 12.5. The Morgan fingerprint density at radius 1 is 1.10 bits per heavy atom. The van der Waals surface area contributed by atoms with Gasteiger partial charge in [0.2, 0.25) is 0 Å². The summed E-state index contributed by atoms with van der Waals surface area (Å²) >= 11 is 3.45. The quantitative estimate of drug-likeness (QED) is 0.917. The van der Waals surface area contributed by atoms with Crippen molar-refractivity contribution in [3.63, 3.8) is 0 Å². The van der Waals surface area contributed by atoms with Crippen LogP contribution in [0.5, 0.6) is 0 Å². The summed E-state index contributed by atoms with van der Waals surface area (Å²) in [5.41, 5.74) is 3.59. The van der Waals surface area contributed by atoms with Crippen LogP contribution in [-0.2, 0) is 4.74 Å². The van der Waals surface area contributed by atoms with Crippen LogP contribution in [0.3, 0.4) is 0 Å². The minimum absolute atomic E-state index is 0.0725. The topological polar surface area (TPSA) is 41.6 Å². The highest BCUT2D eigenvalue weighted by Gasteiger charge is 2.14. The van der Waals surface area contributed by atoms with Gasteiger partial charge in [-0.3, -0.25) is 10.2 Å². The van der Waals surface area contributed by atoms with E-state index in [1.165, 1.54) is 0 Å². The fourth-order valence-corrected chi connectivity index (χ4v) is 2.62. The van der Waals surface area contributed by atoms with E-state index in [2.05, 4.69) is 21.4 Å². The number of halogens is 1. The fraction of sp³-hybridized carbons (Fsp3) is 0.267. The Morgan fingerprint density at radius 3 is 2.60 bits per heavy atom. The molecule has 1 N–H and O–H groups in total. The summed E-state index contributed by atoms with van der Waals surface area (Å²) in [6, 6.07) is 11.8.